The largest absolute Gasteiger partial charge is 0.494 e. The lowest BCUT2D eigenvalue weighted by molar-refractivity contribution is -0.384. The average Bonchev–Trinajstić information content (AvgIpc) is 2.78. The highest BCUT2D eigenvalue weighted by Crippen LogP contribution is 2.31. The van der Waals surface area contributed by atoms with Crippen molar-refractivity contribution in [2.75, 3.05) is 12.4 Å². The Morgan fingerprint density at radius 1 is 1.03 bits per heavy atom. The van der Waals surface area contributed by atoms with E-state index in [1.807, 2.05) is 55.5 Å². The molecule has 4 rings (SSSR count). The molecule has 3 aromatic carbocycles. The van der Waals surface area contributed by atoms with Crippen LogP contribution in [0.3, 0.4) is 0 Å². The predicted octanol–water partition coefficient (Wildman–Crippen LogP) is 5.38. The number of hydrogen-bond donors (Lipinski definition) is 1. The maximum Gasteiger partial charge on any atom is 0.273 e. The van der Waals surface area contributed by atoms with E-state index in [9.17, 15) is 14.9 Å². The summed E-state index contributed by atoms with van der Waals surface area (Å²) in [6, 6.07) is 21.1. The zero-order chi connectivity index (χ0) is 22.0. The lowest BCUT2D eigenvalue weighted by Gasteiger charge is -2.13. The van der Waals surface area contributed by atoms with E-state index in [1.165, 1.54) is 25.3 Å². The molecule has 1 aromatic heterocycles. The SMILES string of the molecule is COc1cc([N+](=O)[O-])ccc1NC(=O)c1cc(-c2ccc(C)cc2)nc2ccccc12. The number of nitrogens with one attached hydrogen (secondary N) is 1. The maximum absolute atomic E-state index is 13.2. The third-order valence-corrected chi connectivity index (χ3v) is 4.95. The number of non-ortho nitro benzene ring substituents is 1. The van der Waals surface area contributed by atoms with Crippen molar-refractivity contribution in [1.29, 1.82) is 0 Å². The van der Waals surface area contributed by atoms with Crippen molar-refractivity contribution >= 4 is 28.2 Å². The second-order valence-electron chi connectivity index (χ2n) is 7.03. The number of nitro benzene ring substituents is 1. The molecule has 0 aliphatic carbocycles. The number of amides is 1. The summed E-state index contributed by atoms with van der Waals surface area (Å²) in [5.41, 5.74) is 4.08. The van der Waals surface area contributed by atoms with Gasteiger partial charge in [0.15, 0.2) is 0 Å². The minimum atomic E-state index is -0.516. The average molecular weight is 413 g/mol. The monoisotopic (exact) mass is 413 g/mol. The van der Waals surface area contributed by atoms with Crippen molar-refractivity contribution in [2.24, 2.45) is 0 Å². The van der Waals surface area contributed by atoms with Crippen molar-refractivity contribution in [3.63, 3.8) is 0 Å². The van der Waals surface area contributed by atoms with Gasteiger partial charge in [-0.05, 0) is 25.1 Å². The van der Waals surface area contributed by atoms with Crippen LogP contribution in [0, 0.1) is 17.0 Å². The van der Waals surface area contributed by atoms with E-state index in [4.69, 9.17) is 9.72 Å². The van der Waals surface area contributed by atoms with E-state index in [1.54, 1.807) is 6.07 Å². The van der Waals surface area contributed by atoms with Gasteiger partial charge in [0.2, 0.25) is 0 Å². The fraction of sp³-hybridized carbons (Fsp3) is 0.0833. The number of benzene rings is 3. The first kappa shape index (κ1) is 20.0. The van der Waals surface area contributed by atoms with Gasteiger partial charge in [0.25, 0.3) is 11.6 Å². The molecule has 0 aliphatic rings. The number of anilines is 1. The molecule has 0 fully saturated rings. The summed E-state index contributed by atoms with van der Waals surface area (Å²) in [4.78, 5) is 28.4. The number of para-hydroxylation sites is 1. The van der Waals surface area contributed by atoms with E-state index >= 15 is 0 Å². The van der Waals surface area contributed by atoms with Gasteiger partial charge in [-0.15, -0.1) is 0 Å². The molecule has 154 valence electrons. The summed E-state index contributed by atoms with van der Waals surface area (Å²) in [5.74, 6) is -0.154. The lowest BCUT2D eigenvalue weighted by atomic mass is 10.0. The van der Waals surface area contributed by atoms with Crippen LogP contribution in [0.2, 0.25) is 0 Å². The number of fused-ring (bicyclic) bond motifs is 1. The number of carbonyl (C=O) groups excluding carboxylic acids is 1. The summed E-state index contributed by atoms with van der Waals surface area (Å²) in [5, 5.41) is 14.5. The van der Waals surface area contributed by atoms with Gasteiger partial charge in [-0.2, -0.15) is 0 Å². The van der Waals surface area contributed by atoms with Crippen molar-refractivity contribution in [1.82, 2.24) is 4.98 Å². The van der Waals surface area contributed by atoms with Crippen LogP contribution in [0.25, 0.3) is 22.2 Å². The van der Waals surface area contributed by atoms with E-state index in [0.717, 1.165) is 11.1 Å². The fourth-order valence-electron chi connectivity index (χ4n) is 3.32. The molecule has 4 aromatic rings. The molecule has 0 saturated heterocycles. The fourth-order valence-corrected chi connectivity index (χ4v) is 3.32. The van der Waals surface area contributed by atoms with Gasteiger partial charge in [0.05, 0.1) is 40.6 Å². The van der Waals surface area contributed by atoms with Gasteiger partial charge in [0, 0.05) is 17.0 Å². The zero-order valence-electron chi connectivity index (χ0n) is 17.0. The normalized spacial score (nSPS) is 10.6. The Hall–Kier alpha value is -4.26. The second-order valence-corrected chi connectivity index (χ2v) is 7.03. The van der Waals surface area contributed by atoms with Crippen LogP contribution >= 0.6 is 0 Å². The van der Waals surface area contributed by atoms with Crippen molar-refractivity contribution in [3.05, 3.63) is 94.0 Å². The van der Waals surface area contributed by atoms with Gasteiger partial charge in [-0.25, -0.2) is 4.98 Å². The highest BCUT2D eigenvalue weighted by Gasteiger charge is 2.17. The number of aryl methyl sites for hydroxylation is 1. The van der Waals surface area contributed by atoms with Crippen LogP contribution in [0.5, 0.6) is 5.75 Å². The number of carbonyl (C=O) groups is 1. The molecule has 0 bridgehead atoms. The molecule has 0 atom stereocenters. The maximum atomic E-state index is 13.2. The molecule has 1 amide bonds. The number of nitrogens with zero attached hydrogens (tertiary/aromatic N) is 2. The molecule has 0 saturated carbocycles. The number of methoxy groups -OCH3 is 1. The highest BCUT2D eigenvalue weighted by atomic mass is 16.6. The predicted molar refractivity (Wildman–Crippen MR) is 120 cm³/mol. The van der Waals surface area contributed by atoms with Crippen LogP contribution < -0.4 is 10.1 Å². The molecule has 0 unspecified atom stereocenters. The number of pyridine rings is 1. The number of nitro groups is 1. The Labute approximate surface area is 178 Å². The van der Waals surface area contributed by atoms with Gasteiger partial charge in [0.1, 0.15) is 5.75 Å². The number of aromatic nitrogens is 1. The Morgan fingerprint density at radius 3 is 2.48 bits per heavy atom. The van der Waals surface area contributed by atoms with E-state index in [0.29, 0.717) is 27.8 Å². The second kappa shape index (κ2) is 8.23. The molecule has 0 spiro atoms. The highest BCUT2D eigenvalue weighted by molar-refractivity contribution is 6.13. The molecule has 7 nitrogen and oxygen atoms in total. The summed E-state index contributed by atoms with van der Waals surface area (Å²) in [7, 11) is 1.39. The number of rotatable bonds is 5. The Bertz CT molecular complexity index is 1300. The third kappa shape index (κ3) is 4.06. The smallest absolute Gasteiger partial charge is 0.273 e. The molecule has 7 heteroatoms. The minimum absolute atomic E-state index is 0.120. The van der Waals surface area contributed by atoms with Crippen molar-refractivity contribution in [3.8, 4) is 17.0 Å². The zero-order valence-corrected chi connectivity index (χ0v) is 17.0. The lowest BCUT2D eigenvalue weighted by Crippen LogP contribution is -2.14. The van der Waals surface area contributed by atoms with Gasteiger partial charge >= 0.3 is 0 Å². The van der Waals surface area contributed by atoms with E-state index in [-0.39, 0.29) is 17.3 Å². The molecular weight excluding hydrogens is 394 g/mol. The Kier molecular flexibility index (Phi) is 5.32. The first-order valence-electron chi connectivity index (χ1n) is 9.57. The third-order valence-electron chi connectivity index (χ3n) is 4.95. The molecule has 31 heavy (non-hydrogen) atoms. The molecule has 0 radical (unpaired) electrons. The Morgan fingerprint density at radius 2 is 1.77 bits per heavy atom. The van der Waals surface area contributed by atoms with Gasteiger partial charge < -0.3 is 10.1 Å². The van der Waals surface area contributed by atoms with Crippen LogP contribution in [0.15, 0.2) is 72.8 Å². The van der Waals surface area contributed by atoms with Crippen LogP contribution in [-0.4, -0.2) is 22.9 Å². The van der Waals surface area contributed by atoms with Crippen LogP contribution in [0.1, 0.15) is 15.9 Å². The van der Waals surface area contributed by atoms with E-state index < -0.39 is 4.92 Å². The summed E-state index contributed by atoms with van der Waals surface area (Å²) >= 11 is 0. The van der Waals surface area contributed by atoms with E-state index in [2.05, 4.69) is 5.32 Å². The number of ether oxygens (including phenoxy) is 1. The Balaban J connectivity index is 1.77. The van der Waals surface area contributed by atoms with Crippen molar-refractivity contribution < 1.29 is 14.5 Å². The summed E-state index contributed by atoms with van der Waals surface area (Å²) in [6.07, 6.45) is 0. The van der Waals surface area contributed by atoms with Crippen LogP contribution in [-0.2, 0) is 0 Å². The number of hydrogen-bond acceptors (Lipinski definition) is 5. The first-order chi connectivity index (χ1) is 15.0. The molecular formula is C24H19N3O4. The van der Waals surface area contributed by atoms with Gasteiger partial charge in [-0.1, -0.05) is 48.0 Å². The molecule has 0 aliphatic heterocycles. The van der Waals surface area contributed by atoms with Crippen LogP contribution in [0.4, 0.5) is 11.4 Å². The quantitative estimate of drug-likeness (QED) is 0.350. The summed E-state index contributed by atoms with van der Waals surface area (Å²) < 4.78 is 5.23. The summed E-state index contributed by atoms with van der Waals surface area (Å²) in [6.45, 7) is 2.01. The standard InChI is InChI=1S/C24H19N3O4/c1-15-7-9-16(10-8-15)22-14-19(18-5-3-4-6-20(18)25-22)24(28)26-21-12-11-17(27(29)30)13-23(21)31-2/h3-14H,1-2H3,(H,26,28). The molecule has 1 N–H and O–H groups in total. The molecule has 1 heterocycles. The van der Waals surface area contributed by atoms with Gasteiger partial charge in [-0.3, -0.25) is 14.9 Å². The first-order valence-corrected chi connectivity index (χ1v) is 9.57. The minimum Gasteiger partial charge on any atom is -0.494 e. The topological polar surface area (TPSA) is 94.4 Å². The van der Waals surface area contributed by atoms with Crippen molar-refractivity contribution in [2.45, 2.75) is 6.92 Å².